The van der Waals surface area contributed by atoms with Gasteiger partial charge in [0, 0.05) is 56.7 Å². The summed E-state index contributed by atoms with van der Waals surface area (Å²) in [6, 6.07) is 17.6. The minimum Gasteiger partial charge on any atom is -0.425 e. The Morgan fingerprint density at radius 3 is 2.47 bits per heavy atom. The third-order valence-electron chi connectivity index (χ3n) is 6.64. The summed E-state index contributed by atoms with van der Waals surface area (Å²) in [5.74, 6) is 1.60. The van der Waals surface area contributed by atoms with Crippen LogP contribution in [0, 0.1) is 23.7 Å². The lowest BCUT2D eigenvalue weighted by Gasteiger charge is -2.32. The number of aromatic nitrogens is 2. The molecule has 0 radical (unpaired) electrons. The van der Waals surface area contributed by atoms with Gasteiger partial charge in [-0.05, 0) is 75.6 Å². The molecule has 1 aliphatic heterocycles. The first-order valence-corrected chi connectivity index (χ1v) is 12.6. The second-order valence-electron chi connectivity index (χ2n) is 8.96. The van der Waals surface area contributed by atoms with Gasteiger partial charge in [0.25, 0.3) is 0 Å². The van der Waals surface area contributed by atoms with Crippen LogP contribution in [-0.4, -0.2) is 47.9 Å². The molecular formula is C28H37N7O. The van der Waals surface area contributed by atoms with Crippen LogP contribution in [0.5, 0.6) is 0 Å². The smallest absolute Gasteiger partial charge is 0.227 e. The lowest BCUT2D eigenvalue weighted by molar-refractivity contribution is 0.412. The zero-order valence-electron chi connectivity index (χ0n) is 21.3. The first-order valence-electron chi connectivity index (χ1n) is 12.6. The molecule has 0 spiro atoms. The number of hydrogen-bond acceptors (Lipinski definition) is 8. The minimum atomic E-state index is -0.0152. The second-order valence-corrected chi connectivity index (χ2v) is 8.96. The highest BCUT2D eigenvalue weighted by molar-refractivity contribution is 5.99. The molecule has 4 rings (SSSR count). The van der Waals surface area contributed by atoms with Gasteiger partial charge in [-0.25, -0.2) is 4.98 Å². The van der Waals surface area contributed by atoms with Crippen LogP contribution in [0.15, 0.2) is 60.8 Å². The average Bonchev–Trinajstić information content (AvgIpc) is 2.91. The maximum atomic E-state index is 8.35. The maximum absolute atomic E-state index is 8.35. The van der Waals surface area contributed by atoms with Crippen molar-refractivity contribution in [3.63, 3.8) is 0 Å². The standard InChI is InChI=1S/C28H35N7O.H2/c1-4-34(5-2)23-11-12-24(20(3)19-23)32-25-13-16-31-28(33-25)35-17-14-22(15-18-35)27(30)36-26(29)21-9-7-6-8-10-21;/h6-13,16,19,22,29-30H,4-5,14-15,17-18H2,1-3H3,(H,31,32,33);1H. The number of rotatable bonds is 8. The highest BCUT2D eigenvalue weighted by Gasteiger charge is 2.26. The van der Waals surface area contributed by atoms with Crippen LogP contribution in [0.3, 0.4) is 0 Å². The Balaban J connectivity index is 0.00000380. The van der Waals surface area contributed by atoms with Crippen molar-refractivity contribution in [1.29, 1.82) is 10.8 Å². The predicted molar refractivity (Wildman–Crippen MR) is 149 cm³/mol. The molecule has 8 nitrogen and oxygen atoms in total. The van der Waals surface area contributed by atoms with Gasteiger partial charge in [0.15, 0.2) is 5.90 Å². The predicted octanol–water partition coefficient (Wildman–Crippen LogP) is 5.86. The molecule has 3 aromatic rings. The van der Waals surface area contributed by atoms with Gasteiger partial charge in [0.1, 0.15) is 5.82 Å². The van der Waals surface area contributed by atoms with E-state index in [4.69, 9.17) is 20.5 Å². The number of ether oxygens (including phenoxy) is 1. The Kier molecular flexibility index (Phi) is 8.15. The molecule has 0 amide bonds. The molecule has 0 unspecified atom stereocenters. The quantitative estimate of drug-likeness (QED) is 0.272. The molecule has 36 heavy (non-hydrogen) atoms. The highest BCUT2D eigenvalue weighted by atomic mass is 16.5. The number of nitrogens with zero attached hydrogens (tertiary/aromatic N) is 4. The third kappa shape index (κ3) is 6.00. The summed E-state index contributed by atoms with van der Waals surface area (Å²) in [7, 11) is 0. The van der Waals surface area contributed by atoms with E-state index in [1.807, 2.05) is 36.4 Å². The summed E-state index contributed by atoms with van der Waals surface area (Å²) >= 11 is 0. The van der Waals surface area contributed by atoms with Crippen LogP contribution in [0.25, 0.3) is 0 Å². The number of benzene rings is 2. The van der Waals surface area contributed by atoms with Gasteiger partial charge in [-0.15, -0.1) is 0 Å². The topological polar surface area (TPSA) is 101 Å². The number of piperidine rings is 1. The molecule has 1 aliphatic rings. The average molecular weight is 488 g/mol. The van der Waals surface area contributed by atoms with E-state index < -0.39 is 0 Å². The van der Waals surface area contributed by atoms with E-state index in [1.54, 1.807) is 6.20 Å². The van der Waals surface area contributed by atoms with Crippen LogP contribution in [0.2, 0.25) is 0 Å². The lowest BCUT2D eigenvalue weighted by atomic mass is 9.97. The van der Waals surface area contributed by atoms with Crippen molar-refractivity contribution in [2.75, 3.05) is 41.3 Å². The fourth-order valence-corrected chi connectivity index (χ4v) is 4.47. The van der Waals surface area contributed by atoms with Crippen molar-refractivity contribution in [2.24, 2.45) is 5.92 Å². The second kappa shape index (κ2) is 11.7. The molecule has 0 atom stereocenters. The summed E-state index contributed by atoms with van der Waals surface area (Å²) in [5.41, 5.74) is 4.10. The fourth-order valence-electron chi connectivity index (χ4n) is 4.47. The molecule has 1 aromatic heterocycles. The first kappa shape index (κ1) is 25.2. The normalized spacial score (nSPS) is 13.8. The van der Waals surface area contributed by atoms with Crippen molar-refractivity contribution in [1.82, 2.24) is 9.97 Å². The van der Waals surface area contributed by atoms with Gasteiger partial charge in [0.2, 0.25) is 11.8 Å². The van der Waals surface area contributed by atoms with Gasteiger partial charge in [-0.3, -0.25) is 10.8 Å². The third-order valence-corrected chi connectivity index (χ3v) is 6.64. The van der Waals surface area contributed by atoms with Crippen molar-refractivity contribution in [2.45, 2.75) is 33.6 Å². The van der Waals surface area contributed by atoms with Crippen LogP contribution in [0.4, 0.5) is 23.1 Å². The largest absolute Gasteiger partial charge is 0.425 e. The Bertz CT molecular complexity index is 1190. The minimum absolute atomic E-state index is 0. The summed E-state index contributed by atoms with van der Waals surface area (Å²) in [6.45, 7) is 9.87. The molecular weight excluding hydrogens is 450 g/mol. The Hall–Kier alpha value is -3.94. The molecule has 0 aliphatic carbocycles. The molecule has 190 valence electrons. The lowest BCUT2D eigenvalue weighted by Crippen LogP contribution is -2.38. The van der Waals surface area contributed by atoms with E-state index in [0.717, 1.165) is 50.5 Å². The molecule has 2 heterocycles. The van der Waals surface area contributed by atoms with Crippen molar-refractivity contribution < 1.29 is 6.16 Å². The van der Waals surface area contributed by atoms with Gasteiger partial charge in [-0.1, -0.05) is 18.2 Å². The zero-order valence-corrected chi connectivity index (χ0v) is 21.3. The van der Waals surface area contributed by atoms with Gasteiger partial charge < -0.3 is 19.9 Å². The van der Waals surface area contributed by atoms with Crippen LogP contribution >= 0.6 is 0 Å². The fraction of sp³-hybridized carbons (Fsp3) is 0.357. The molecule has 2 aromatic carbocycles. The van der Waals surface area contributed by atoms with Crippen LogP contribution in [-0.2, 0) is 4.74 Å². The van der Waals surface area contributed by atoms with Crippen molar-refractivity contribution >= 4 is 34.9 Å². The molecule has 0 bridgehead atoms. The SMILES string of the molecule is CCN(CC)c1ccc(Nc2ccnc(N3CCC(C(=N)OC(=N)c4ccccc4)CC3)n2)c(C)c1.[HH]. The monoisotopic (exact) mass is 487 g/mol. The Morgan fingerprint density at radius 1 is 1.08 bits per heavy atom. The van der Waals surface area contributed by atoms with E-state index in [-0.39, 0.29) is 19.1 Å². The van der Waals surface area contributed by atoms with E-state index >= 15 is 0 Å². The molecule has 3 N–H and O–H groups in total. The van der Waals surface area contributed by atoms with E-state index in [2.05, 4.69) is 59.1 Å². The molecule has 1 saturated heterocycles. The van der Waals surface area contributed by atoms with E-state index in [1.165, 1.54) is 11.3 Å². The van der Waals surface area contributed by atoms with Crippen LogP contribution < -0.4 is 15.1 Å². The Morgan fingerprint density at radius 2 is 1.81 bits per heavy atom. The molecule has 0 saturated carbocycles. The van der Waals surface area contributed by atoms with Crippen molar-refractivity contribution in [3.05, 3.63) is 71.9 Å². The Labute approximate surface area is 214 Å². The summed E-state index contributed by atoms with van der Waals surface area (Å²) in [6.07, 6.45) is 3.30. The molecule has 1 fully saturated rings. The number of anilines is 4. The number of nitrogens with one attached hydrogen (secondary N) is 3. The number of aryl methyl sites for hydroxylation is 1. The van der Waals surface area contributed by atoms with Crippen LogP contribution in [0.1, 0.15) is 39.2 Å². The summed E-state index contributed by atoms with van der Waals surface area (Å²) in [4.78, 5) is 13.7. The van der Waals surface area contributed by atoms with Gasteiger partial charge >= 0.3 is 0 Å². The first-order chi connectivity index (χ1) is 17.5. The number of hydrogen-bond donors (Lipinski definition) is 3. The van der Waals surface area contributed by atoms with E-state index in [0.29, 0.717) is 11.5 Å². The summed E-state index contributed by atoms with van der Waals surface area (Å²) < 4.78 is 5.55. The summed E-state index contributed by atoms with van der Waals surface area (Å²) in [5, 5.41) is 19.9. The van der Waals surface area contributed by atoms with Gasteiger partial charge in [-0.2, -0.15) is 4.98 Å². The van der Waals surface area contributed by atoms with Crippen molar-refractivity contribution in [3.8, 4) is 0 Å². The maximum Gasteiger partial charge on any atom is 0.227 e. The van der Waals surface area contributed by atoms with E-state index in [9.17, 15) is 0 Å². The highest BCUT2D eigenvalue weighted by Crippen LogP contribution is 2.27. The van der Waals surface area contributed by atoms with Gasteiger partial charge in [0.05, 0.1) is 0 Å². The molecule has 8 heteroatoms. The zero-order chi connectivity index (χ0) is 25.5.